The highest BCUT2D eigenvalue weighted by Crippen LogP contribution is 2.26. The second-order valence-corrected chi connectivity index (χ2v) is 8.17. The molecule has 0 saturated heterocycles. The Morgan fingerprint density at radius 2 is 1.40 bits per heavy atom. The van der Waals surface area contributed by atoms with E-state index in [2.05, 4.69) is 71.9 Å². The second kappa shape index (κ2) is 12.1. The van der Waals surface area contributed by atoms with E-state index in [9.17, 15) is 0 Å². The van der Waals surface area contributed by atoms with Gasteiger partial charge in [0.1, 0.15) is 0 Å². The maximum atomic E-state index is 2.50. The average Bonchev–Trinajstić information content (AvgIpc) is 2.53. The molecule has 0 heterocycles. The Kier molecular flexibility index (Phi) is 10.5. The van der Waals surface area contributed by atoms with Crippen LogP contribution in [0.5, 0.6) is 0 Å². The van der Waals surface area contributed by atoms with Gasteiger partial charge in [-0.3, -0.25) is 0 Å². The van der Waals surface area contributed by atoms with Crippen molar-refractivity contribution >= 4 is 0 Å². The third kappa shape index (κ3) is 10.3. The fraction of sp³-hybridized carbons (Fsp3) is 0.600. The summed E-state index contributed by atoms with van der Waals surface area (Å²) in [4.78, 5) is 0. The minimum Gasteiger partial charge on any atom is -0.0853 e. The SMILES string of the molecule is CC(C)=CC/C=C(\C)[C@@H]1C/C=C(\C)CC/C=C(\C)CC/C=C(\C)CC1. The summed E-state index contributed by atoms with van der Waals surface area (Å²) >= 11 is 0. The van der Waals surface area contributed by atoms with E-state index in [0.717, 1.165) is 6.42 Å². The van der Waals surface area contributed by atoms with E-state index in [1.165, 1.54) is 50.5 Å². The zero-order chi connectivity index (χ0) is 18.7. The van der Waals surface area contributed by atoms with Crippen molar-refractivity contribution in [1.82, 2.24) is 0 Å². The summed E-state index contributed by atoms with van der Waals surface area (Å²) in [5.74, 6) is 0.684. The molecular formula is C25H40. The normalized spacial score (nSPS) is 27.8. The van der Waals surface area contributed by atoms with Crippen LogP contribution in [0.25, 0.3) is 0 Å². The summed E-state index contributed by atoms with van der Waals surface area (Å²) in [6.45, 7) is 13.6. The Bertz CT molecular complexity index is 545. The van der Waals surface area contributed by atoms with Crippen LogP contribution in [0, 0.1) is 5.92 Å². The zero-order valence-electron chi connectivity index (χ0n) is 17.6. The first-order valence-corrected chi connectivity index (χ1v) is 10.2. The van der Waals surface area contributed by atoms with Crippen molar-refractivity contribution in [2.45, 2.75) is 92.9 Å². The van der Waals surface area contributed by atoms with Gasteiger partial charge in [-0.25, -0.2) is 0 Å². The van der Waals surface area contributed by atoms with Crippen LogP contribution < -0.4 is 0 Å². The van der Waals surface area contributed by atoms with Crippen molar-refractivity contribution in [3.8, 4) is 0 Å². The van der Waals surface area contributed by atoms with Gasteiger partial charge in [-0.15, -0.1) is 0 Å². The van der Waals surface area contributed by atoms with E-state index in [1.54, 1.807) is 22.3 Å². The molecule has 0 N–H and O–H groups in total. The maximum absolute atomic E-state index is 2.50. The smallest absolute Gasteiger partial charge is 0.0164 e. The molecule has 0 amide bonds. The van der Waals surface area contributed by atoms with Crippen LogP contribution >= 0.6 is 0 Å². The summed E-state index contributed by atoms with van der Waals surface area (Å²) < 4.78 is 0. The Balaban J connectivity index is 2.86. The van der Waals surface area contributed by atoms with Crippen LogP contribution in [0.2, 0.25) is 0 Å². The molecule has 0 aromatic rings. The third-order valence-electron chi connectivity index (χ3n) is 5.31. The molecule has 0 aromatic heterocycles. The van der Waals surface area contributed by atoms with Crippen LogP contribution in [0.4, 0.5) is 0 Å². The van der Waals surface area contributed by atoms with Gasteiger partial charge in [-0.05, 0) is 98.8 Å². The van der Waals surface area contributed by atoms with E-state index >= 15 is 0 Å². The molecule has 140 valence electrons. The number of hydrogen-bond donors (Lipinski definition) is 0. The summed E-state index contributed by atoms with van der Waals surface area (Å²) in [6.07, 6.45) is 21.7. The summed E-state index contributed by atoms with van der Waals surface area (Å²) in [5.41, 5.74) is 7.64. The first kappa shape index (κ1) is 21.7. The molecule has 0 bridgehead atoms. The predicted molar refractivity (Wildman–Crippen MR) is 115 cm³/mol. The summed E-state index contributed by atoms with van der Waals surface area (Å²) in [5, 5.41) is 0. The molecule has 1 aliphatic rings. The van der Waals surface area contributed by atoms with E-state index in [1.807, 2.05) is 0 Å². The zero-order valence-corrected chi connectivity index (χ0v) is 17.6. The average molecular weight is 341 g/mol. The summed E-state index contributed by atoms with van der Waals surface area (Å²) in [6, 6.07) is 0. The van der Waals surface area contributed by atoms with Gasteiger partial charge in [0, 0.05) is 0 Å². The first-order valence-electron chi connectivity index (χ1n) is 10.2. The maximum Gasteiger partial charge on any atom is -0.0164 e. The van der Waals surface area contributed by atoms with Crippen LogP contribution in [0.15, 0.2) is 58.2 Å². The minimum atomic E-state index is 0.684. The number of allylic oxidation sites excluding steroid dienone is 10. The molecule has 0 fully saturated rings. The Morgan fingerprint density at radius 1 is 0.840 bits per heavy atom. The number of hydrogen-bond acceptors (Lipinski definition) is 0. The molecule has 0 spiro atoms. The van der Waals surface area contributed by atoms with Crippen molar-refractivity contribution < 1.29 is 0 Å². The highest BCUT2D eigenvalue weighted by Gasteiger charge is 2.10. The molecular weight excluding hydrogens is 300 g/mol. The van der Waals surface area contributed by atoms with Crippen molar-refractivity contribution in [3.05, 3.63) is 58.2 Å². The topological polar surface area (TPSA) is 0 Å². The molecule has 0 saturated carbocycles. The van der Waals surface area contributed by atoms with Gasteiger partial charge < -0.3 is 0 Å². The van der Waals surface area contributed by atoms with Crippen molar-refractivity contribution in [3.63, 3.8) is 0 Å². The molecule has 0 aromatic carbocycles. The lowest BCUT2D eigenvalue weighted by Crippen LogP contribution is -2.02. The van der Waals surface area contributed by atoms with Gasteiger partial charge in [0.2, 0.25) is 0 Å². The third-order valence-corrected chi connectivity index (χ3v) is 5.31. The molecule has 0 aliphatic heterocycles. The van der Waals surface area contributed by atoms with Crippen molar-refractivity contribution in [2.75, 3.05) is 0 Å². The molecule has 0 radical (unpaired) electrons. The molecule has 0 unspecified atom stereocenters. The van der Waals surface area contributed by atoms with E-state index in [-0.39, 0.29) is 0 Å². The van der Waals surface area contributed by atoms with Crippen LogP contribution in [-0.4, -0.2) is 0 Å². The van der Waals surface area contributed by atoms with Crippen LogP contribution in [-0.2, 0) is 0 Å². The highest BCUT2D eigenvalue weighted by atomic mass is 14.2. The van der Waals surface area contributed by atoms with Gasteiger partial charge in [0.15, 0.2) is 0 Å². The quantitative estimate of drug-likeness (QED) is 0.452. The first-order chi connectivity index (χ1) is 11.9. The summed E-state index contributed by atoms with van der Waals surface area (Å²) in [7, 11) is 0. The lowest BCUT2D eigenvalue weighted by Gasteiger charge is -2.18. The van der Waals surface area contributed by atoms with E-state index < -0.39 is 0 Å². The molecule has 0 nitrogen and oxygen atoms in total. The van der Waals surface area contributed by atoms with Crippen LogP contribution in [0.3, 0.4) is 0 Å². The Labute approximate surface area is 157 Å². The number of rotatable bonds is 3. The molecule has 0 heteroatoms. The fourth-order valence-corrected chi connectivity index (χ4v) is 3.32. The lowest BCUT2D eigenvalue weighted by atomic mass is 9.88. The van der Waals surface area contributed by atoms with Crippen molar-refractivity contribution in [2.24, 2.45) is 5.92 Å². The minimum absolute atomic E-state index is 0.684. The fourth-order valence-electron chi connectivity index (χ4n) is 3.32. The monoisotopic (exact) mass is 340 g/mol. The van der Waals surface area contributed by atoms with Crippen LogP contribution in [0.1, 0.15) is 92.9 Å². The second-order valence-electron chi connectivity index (χ2n) is 8.17. The molecule has 1 aliphatic carbocycles. The highest BCUT2D eigenvalue weighted by molar-refractivity contribution is 5.13. The van der Waals surface area contributed by atoms with Gasteiger partial charge >= 0.3 is 0 Å². The van der Waals surface area contributed by atoms with E-state index in [4.69, 9.17) is 0 Å². The van der Waals surface area contributed by atoms with Gasteiger partial charge in [0.05, 0.1) is 0 Å². The largest absolute Gasteiger partial charge is 0.0853 e. The lowest BCUT2D eigenvalue weighted by molar-refractivity contribution is 0.560. The van der Waals surface area contributed by atoms with Crippen molar-refractivity contribution in [1.29, 1.82) is 0 Å². The molecule has 25 heavy (non-hydrogen) atoms. The van der Waals surface area contributed by atoms with Gasteiger partial charge in [-0.2, -0.15) is 0 Å². The standard InChI is InChI=1S/C25H40/c1-20(2)10-7-15-24(6)25-18-16-22(4)13-8-11-21(3)12-9-14-23(5)17-19-25/h10-11,14-16,25H,7-9,12-13,17-19H2,1-6H3/b21-11+,22-16+,23-14+,24-15+/t25-/m1/s1. The van der Waals surface area contributed by atoms with E-state index in [0.29, 0.717) is 5.92 Å². The molecule has 1 atom stereocenters. The Hall–Kier alpha value is -1.30. The Morgan fingerprint density at radius 3 is 2.00 bits per heavy atom. The van der Waals surface area contributed by atoms with Gasteiger partial charge in [-0.1, -0.05) is 58.2 Å². The van der Waals surface area contributed by atoms with Gasteiger partial charge in [0.25, 0.3) is 0 Å². The predicted octanol–water partition coefficient (Wildman–Crippen LogP) is 8.49. The molecule has 1 rings (SSSR count).